The van der Waals surface area contributed by atoms with Crippen molar-refractivity contribution in [2.45, 2.75) is 31.3 Å². The number of hydrogen-bond donors (Lipinski definition) is 1. The highest BCUT2D eigenvalue weighted by atomic mass is 32.1. The van der Waals surface area contributed by atoms with Gasteiger partial charge in [-0.1, -0.05) is 30.3 Å². The van der Waals surface area contributed by atoms with Gasteiger partial charge in [0.15, 0.2) is 5.13 Å². The Morgan fingerprint density at radius 1 is 1.35 bits per heavy atom. The fourth-order valence-corrected chi connectivity index (χ4v) is 3.97. The minimum Gasteiger partial charge on any atom is -0.347 e. The number of thiazole rings is 1. The Kier molecular flexibility index (Phi) is 5.88. The molecule has 2 aromatic rings. The summed E-state index contributed by atoms with van der Waals surface area (Å²) in [5, 5.41) is 5.76. The molecule has 0 saturated carbocycles. The van der Waals surface area contributed by atoms with Gasteiger partial charge in [-0.15, -0.1) is 11.3 Å². The van der Waals surface area contributed by atoms with Gasteiger partial charge in [-0.3, -0.25) is 9.59 Å². The van der Waals surface area contributed by atoms with Crippen LogP contribution < -0.4 is 10.2 Å². The molecule has 6 nitrogen and oxygen atoms in total. The molecule has 2 heterocycles. The number of anilines is 1. The second kappa shape index (κ2) is 8.31. The van der Waals surface area contributed by atoms with E-state index in [0.29, 0.717) is 6.42 Å². The number of nitrogens with zero attached hydrogens (tertiary/aromatic N) is 3. The van der Waals surface area contributed by atoms with Gasteiger partial charge in [0, 0.05) is 38.6 Å². The molecule has 1 N–H and O–H groups in total. The molecule has 0 spiro atoms. The van der Waals surface area contributed by atoms with Gasteiger partial charge >= 0.3 is 0 Å². The van der Waals surface area contributed by atoms with Gasteiger partial charge < -0.3 is 15.1 Å². The van der Waals surface area contributed by atoms with E-state index in [2.05, 4.69) is 10.3 Å². The van der Waals surface area contributed by atoms with Gasteiger partial charge in [0.05, 0.1) is 0 Å². The van der Waals surface area contributed by atoms with Crippen molar-refractivity contribution in [1.82, 2.24) is 15.2 Å². The Morgan fingerprint density at radius 3 is 2.77 bits per heavy atom. The zero-order valence-corrected chi connectivity index (χ0v) is 15.9. The van der Waals surface area contributed by atoms with E-state index < -0.39 is 6.04 Å². The number of benzene rings is 1. The molecule has 1 aliphatic heterocycles. The Bertz CT molecular complexity index is 733. The minimum atomic E-state index is -0.571. The topological polar surface area (TPSA) is 65.5 Å². The molecule has 1 aliphatic rings. The molecule has 0 radical (unpaired) electrons. The molecule has 26 heavy (non-hydrogen) atoms. The van der Waals surface area contributed by atoms with Crippen LogP contribution in [0.1, 0.15) is 18.4 Å². The van der Waals surface area contributed by atoms with Crippen molar-refractivity contribution >= 4 is 28.3 Å². The predicted molar refractivity (Wildman–Crippen MR) is 103 cm³/mol. The summed E-state index contributed by atoms with van der Waals surface area (Å²) in [6.45, 7) is 0.816. The van der Waals surface area contributed by atoms with Crippen molar-refractivity contribution in [3.63, 3.8) is 0 Å². The van der Waals surface area contributed by atoms with Crippen molar-refractivity contribution in [2.24, 2.45) is 0 Å². The molecule has 2 atom stereocenters. The van der Waals surface area contributed by atoms with Crippen LogP contribution in [0.15, 0.2) is 41.9 Å². The molecule has 2 unspecified atom stereocenters. The van der Waals surface area contributed by atoms with Gasteiger partial charge in [0.1, 0.15) is 12.1 Å². The largest absolute Gasteiger partial charge is 0.347 e. The van der Waals surface area contributed by atoms with Crippen LogP contribution in [0.3, 0.4) is 0 Å². The van der Waals surface area contributed by atoms with Crippen LogP contribution in [0.5, 0.6) is 0 Å². The summed E-state index contributed by atoms with van der Waals surface area (Å²) in [5.41, 5.74) is 1.02. The zero-order valence-electron chi connectivity index (χ0n) is 15.1. The van der Waals surface area contributed by atoms with Crippen molar-refractivity contribution < 1.29 is 9.59 Å². The van der Waals surface area contributed by atoms with Crippen molar-refractivity contribution in [3.8, 4) is 0 Å². The number of carbonyl (C=O) groups is 2. The third-order valence-electron chi connectivity index (χ3n) is 4.56. The second-order valence-electron chi connectivity index (χ2n) is 6.65. The Labute approximate surface area is 157 Å². The third-order valence-corrected chi connectivity index (χ3v) is 5.37. The summed E-state index contributed by atoms with van der Waals surface area (Å²) in [4.78, 5) is 33.4. The SMILES string of the molecule is CN(C)C(=O)C(Cc1ccccc1)NC(=O)C1CCCN1c1nccs1. The summed E-state index contributed by atoms with van der Waals surface area (Å²) in [5.74, 6) is -0.199. The van der Waals surface area contributed by atoms with Crippen LogP contribution >= 0.6 is 11.3 Å². The van der Waals surface area contributed by atoms with Crippen LogP contribution in [0.2, 0.25) is 0 Å². The van der Waals surface area contributed by atoms with Gasteiger partial charge in [-0.05, 0) is 18.4 Å². The van der Waals surface area contributed by atoms with Crippen LogP contribution in [-0.4, -0.2) is 54.4 Å². The lowest BCUT2D eigenvalue weighted by Gasteiger charge is -2.27. The maximum absolute atomic E-state index is 12.9. The minimum absolute atomic E-state index is 0.0963. The van der Waals surface area contributed by atoms with Crippen LogP contribution in [0.25, 0.3) is 0 Å². The number of nitrogens with one attached hydrogen (secondary N) is 1. The molecule has 1 aromatic carbocycles. The fraction of sp³-hybridized carbons (Fsp3) is 0.421. The van der Waals surface area contributed by atoms with E-state index in [1.807, 2.05) is 40.6 Å². The number of carbonyl (C=O) groups excluding carboxylic acids is 2. The number of aromatic nitrogens is 1. The monoisotopic (exact) mass is 372 g/mol. The van der Waals surface area contributed by atoms with Crippen molar-refractivity contribution in [2.75, 3.05) is 25.5 Å². The summed E-state index contributed by atoms with van der Waals surface area (Å²) >= 11 is 1.53. The first-order chi connectivity index (χ1) is 12.6. The zero-order chi connectivity index (χ0) is 18.5. The maximum Gasteiger partial charge on any atom is 0.244 e. The van der Waals surface area contributed by atoms with E-state index >= 15 is 0 Å². The highest BCUT2D eigenvalue weighted by Crippen LogP contribution is 2.27. The van der Waals surface area contributed by atoms with Gasteiger partial charge in [-0.2, -0.15) is 0 Å². The van der Waals surface area contributed by atoms with Crippen molar-refractivity contribution in [3.05, 3.63) is 47.5 Å². The molecular formula is C19H24N4O2S. The van der Waals surface area contributed by atoms with E-state index in [9.17, 15) is 9.59 Å². The lowest BCUT2D eigenvalue weighted by Crippen LogP contribution is -2.52. The molecule has 138 valence electrons. The van der Waals surface area contributed by atoms with E-state index in [1.54, 1.807) is 20.3 Å². The molecule has 1 fully saturated rings. The summed E-state index contributed by atoms with van der Waals surface area (Å²) < 4.78 is 0. The van der Waals surface area contributed by atoms with Crippen LogP contribution in [-0.2, 0) is 16.0 Å². The predicted octanol–water partition coefficient (Wildman–Crippen LogP) is 1.93. The summed E-state index contributed by atoms with van der Waals surface area (Å²) in [6.07, 6.45) is 3.96. The average molecular weight is 372 g/mol. The lowest BCUT2D eigenvalue weighted by atomic mass is 10.0. The molecule has 7 heteroatoms. The first-order valence-corrected chi connectivity index (χ1v) is 9.66. The number of amides is 2. The standard InChI is InChI=1S/C19H24N4O2S/c1-22(2)18(25)15(13-14-7-4-3-5-8-14)21-17(24)16-9-6-11-23(16)19-20-10-12-26-19/h3-5,7-8,10,12,15-16H,6,9,11,13H2,1-2H3,(H,21,24). The number of hydrogen-bond acceptors (Lipinski definition) is 5. The first-order valence-electron chi connectivity index (χ1n) is 8.78. The van der Waals surface area contributed by atoms with Gasteiger partial charge in [0.25, 0.3) is 0 Å². The Hall–Kier alpha value is -2.41. The lowest BCUT2D eigenvalue weighted by molar-refractivity contribution is -0.134. The molecule has 3 rings (SSSR count). The second-order valence-corrected chi connectivity index (χ2v) is 7.52. The normalized spacial score (nSPS) is 17.8. The summed E-state index contributed by atoms with van der Waals surface area (Å²) in [6, 6.07) is 8.92. The van der Waals surface area contributed by atoms with Gasteiger partial charge in [0.2, 0.25) is 11.8 Å². The number of likely N-dealkylation sites (N-methyl/N-ethyl adjacent to an activating group) is 1. The fourth-order valence-electron chi connectivity index (χ4n) is 3.26. The first kappa shape index (κ1) is 18.4. The molecule has 1 saturated heterocycles. The van der Waals surface area contributed by atoms with E-state index in [-0.39, 0.29) is 17.9 Å². The smallest absolute Gasteiger partial charge is 0.244 e. The molecule has 0 bridgehead atoms. The average Bonchev–Trinajstić information content (AvgIpc) is 3.32. The van der Waals surface area contributed by atoms with Crippen LogP contribution in [0.4, 0.5) is 5.13 Å². The van der Waals surface area contributed by atoms with E-state index in [1.165, 1.54) is 16.2 Å². The Balaban J connectivity index is 1.73. The molecular weight excluding hydrogens is 348 g/mol. The quantitative estimate of drug-likeness (QED) is 0.841. The maximum atomic E-state index is 12.9. The molecule has 0 aliphatic carbocycles. The Morgan fingerprint density at radius 2 is 2.12 bits per heavy atom. The van der Waals surface area contributed by atoms with E-state index in [4.69, 9.17) is 0 Å². The van der Waals surface area contributed by atoms with Crippen molar-refractivity contribution in [1.29, 1.82) is 0 Å². The molecule has 2 amide bonds. The highest BCUT2D eigenvalue weighted by molar-refractivity contribution is 7.13. The summed E-state index contributed by atoms with van der Waals surface area (Å²) in [7, 11) is 3.42. The third kappa shape index (κ3) is 4.22. The van der Waals surface area contributed by atoms with E-state index in [0.717, 1.165) is 30.1 Å². The highest BCUT2D eigenvalue weighted by Gasteiger charge is 2.34. The van der Waals surface area contributed by atoms with Gasteiger partial charge in [-0.25, -0.2) is 4.98 Å². The molecule has 1 aromatic heterocycles. The van der Waals surface area contributed by atoms with Crippen LogP contribution in [0, 0.1) is 0 Å². The number of rotatable bonds is 6.